The first kappa shape index (κ1) is 21.4. The lowest BCUT2D eigenvalue weighted by Crippen LogP contribution is -2.51. The largest absolute Gasteiger partial charge is 0.325 e. The molecule has 32 heavy (non-hydrogen) atoms. The molecule has 1 unspecified atom stereocenters. The first-order valence-electron chi connectivity index (χ1n) is 10.3. The van der Waals surface area contributed by atoms with Crippen molar-refractivity contribution in [2.75, 3.05) is 11.9 Å². The monoisotopic (exact) mass is 430 g/mol. The highest BCUT2D eigenvalue weighted by molar-refractivity contribution is 6.20. The molecule has 0 radical (unpaired) electrons. The normalized spacial score (nSPS) is 16.6. The summed E-state index contributed by atoms with van der Waals surface area (Å²) >= 11 is 0. The molecule has 0 fully saturated rings. The molecular weight excluding hydrogens is 407 g/mol. The van der Waals surface area contributed by atoms with E-state index in [-0.39, 0.29) is 5.56 Å². The average Bonchev–Trinajstić information content (AvgIpc) is 2.91. The van der Waals surface area contributed by atoms with Crippen LogP contribution in [0.3, 0.4) is 0 Å². The molecule has 3 aromatic rings. The number of nitrogens with one attached hydrogen (secondary N) is 1. The second kappa shape index (κ2) is 9.11. The highest BCUT2D eigenvalue weighted by atomic mass is 19.1. The lowest BCUT2D eigenvalue weighted by atomic mass is 10.00. The standard InChI is InChI=1S/C25H23FN4O2/c1-30-21-14-8-6-12-18(21)22(17-11-5-7-13-19(17)26)28-23(25(30)32)29-24(31)20(27)15-16-9-3-2-4-10-16/h2-14,20,23H,15,27H2,1H3,(H,29,31)/t20-,23?/m0/s1. The number of hydrogen-bond acceptors (Lipinski definition) is 4. The fourth-order valence-electron chi connectivity index (χ4n) is 3.69. The van der Waals surface area contributed by atoms with Crippen molar-refractivity contribution in [2.24, 2.45) is 10.7 Å². The Morgan fingerprint density at radius 2 is 1.66 bits per heavy atom. The van der Waals surface area contributed by atoms with E-state index in [1.54, 1.807) is 49.5 Å². The lowest BCUT2D eigenvalue weighted by Gasteiger charge is -2.22. The molecule has 162 valence electrons. The van der Waals surface area contributed by atoms with E-state index in [4.69, 9.17) is 5.73 Å². The van der Waals surface area contributed by atoms with Crippen molar-refractivity contribution in [3.05, 3.63) is 101 Å². The van der Waals surface area contributed by atoms with E-state index in [2.05, 4.69) is 10.3 Å². The van der Waals surface area contributed by atoms with Crippen LogP contribution in [0, 0.1) is 5.82 Å². The predicted molar refractivity (Wildman–Crippen MR) is 122 cm³/mol. The maximum atomic E-state index is 14.7. The maximum Gasteiger partial charge on any atom is 0.272 e. The van der Waals surface area contributed by atoms with Gasteiger partial charge in [-0.2, -0.15) is 0 Å². The molecule has 1 aliphatic rings. The summed E-state index contributed by atoms with van der Waals surface area (Å²) in [6.45, 7) is 0. The Bertz CT molecular complexity index is 1180. The highest BCUT2D eigenvalue weighted by Crippen LogP contribution is 2.28. The zero-order chi connectivity index (χ0) is 22.7. The molecule has 0 bridgehead atoms. The molecule has 0 saturated heterocycles. The van der Waals surface area contributed by atoms with Crippen LogP contribution < -0.4 is 16.0 Å². The number of anilines is 1. The molecule has 6 nitrogen and oxygen atoms in total. The van der Waals surface area contributed by atoms with Gasteiger partial charge in [-0.1, -0.05) is 60.7 Å². The van der Waals surface area contributed by atoms with Crippen LogP contribution in [0.2, 0.25) is 0 Å². The molecular formula is C25H23FN4O2. The number of carbonyl (C=O) groups excluding carboxylic acids is 2. The van der Waals surface area contributed by atoms with Crippen molar-refractivity contribution < 1.29 is 14.0 Å². The van der Waals surface area contributed by atoms with E-state index in [1.165, 1.54) is 11.0 Å². The van der Waals surface area contributed by atoms with E-state index in [1.807, 2.05) is 30.3 Å². The number of carbonyl (C=O) groups is 2. The summed E-state index contributed by atoms with van der Waals surface area (Å²) < 4.78 is 14.7. The lowest BCUT2D eigenvalue weighted by molar-refractivity contribution is -0.128. The summed E-state index contributed by atoms with van der Waals surface area (Å²) in [6.07, 6.45) is -0.926. The zero-order valence-corrected chi connectivity index (χ0v) is 17.5. The third-order valence-corrected chi connectivity index (χ3v) is 5.39. The highest BCUT2D eigenvalue weighted by Gasteiger charge is 2.32. The average molecular weight is 430 g/mol. The fraction of sp³-hybridized carbons (Fsp3) is 0.160. The van der Waals surface area contributed by atoms with E-state index in [0.717, 1.165) is 5.56 Å². The Hall–Kier alpha value is -3.84. The van der Waals surface area contributed by atoms with Crippen LogP contribution in [0.5, 0.6) is 0 Å². The van der Waals surface area contributed by atoms with Gasteiger partial charge in [-0.05, 0) is 30.2 Å². The third kappa shape index (κ3) is 4.29. The van der Waals surface area contributed by atoms with Crippen LogP contribution in [0.15, 0.2) is 83.9 Å². The van der Waals surface area contributed by atoms with Crippen molar-refractivity contribution in [3.8, 4) is 0 Å². The molecule has 3 aromatic carbocycles. The zero-order valence-electron chi connectivity index (χ0n) is 17.5. The van der Waals surface area contributed by atoms with E-state index < -0.39 is 29.8 Å². The fourth-order valence-corrected chi connectivity index (χ4v) is 3.69. The smallest absolute Gasteiger partial charge is 0.272 e. The van der Waals surface area contributed by atoms with Crippen LogP contribution in [0.25, 0.3) is 0 Å². The number of para-hydroxylation sites is 1. The van der Waals surface area contributed by atoms with Crippen LogP contribution >= 0.6 is 0 Å². The van der Waals surface area contributed by atoms with E-state index in [9.17, 15) is 14.0 Å². The number of benzodiazepines with no additional fused rings is 1. The van der Waals surface area contributed by atoms with Gasteiger partial charge in [0.15, 0.2) is 0 Å². The third-order valence-electron chi connectivity index (χ3n) is 5.39. The van der Waals surface area contributed by atoms with E-state index in [0.29, 0.717) is 23.4 Å². The second-order valence-electron chi connectivity index (χ2n) is 7.58. The summed E-state index contributed by atoms with van der Waals surface area (Å²) in [5.41, 5.74) is 8.71. The predicted octanol–water partition coefficient (Wildman–Crippen LogP) is 2.65. The SMILES string of the molecule is CN1C(=O)C(NC(=O)[C@@H](N)Cc2ccccc2)N=C(c2ccccc2F)c2ccccc21. The molecule has 0 aromatic heterocycles. The van der Waals surface area contributed by atoms with Gasteiger partial charge < -0.3 is 16.0 Å². The van der Waals surface area contributed by atoms with Gasteiger partial charge in [-0.3, -0.25) is 9.59 Å². The van der Waals surface area contributed by atoms with Crippen LogP contribution in [-0.4, -0.2) is 36.8 Å². The number of likely N-dealkylation sites (N-methyl/N-ethyl adjacent to an activating group) is 1. The molecule has 0 aliphatic carbocycles. The molecule has 3 N–H and O–H groups in total. The Balaban J connectivity index is 1.69. The summed E-state index contributed by atoms with van der Waals surface area (Å²) in [4.78, 5) is 31.9. The second-order valence-corrected chi connectivity index (χ2v) is 7.58. The molecule has 1 heterocycles. The quantitative estimate of drug-likeness (QED) is 0.652. The number of hydrogen-bond donors (Lipinski definition) is 2. The number of rotatable bonds is 5. The number of aliphatic imine (C=N–C) groups is 1. The van der Waals surface area contributed by atoms with Crippen LogP contribution in [0.4, 0.5) is 10.1 Å². The van der Waals surface area contributed by atoms with Gasteiger partial charge in [-0.15, -0.1) is 0 Å². The summed E-state index contributed by atoms with van der Waals surface area (Å²) in [7, 11) is 1.60. The van der Waals surface area contributed by atoms with Crippen molar-refractivity contribution in [1.82, 2.24) is 5.32 Å². The van der Waals surface area contributed by atoms with Gasteiger partial charge >= 0.3 is 0 Å². The Labute approximate surface area is 185 Å². The van der Waals surface area contributed by atoms with Gasteiger partial charge in [0.25, 0.3) is 5.91 Å². The van der Waals surface area contributed by atoms with Crippen molar-refractivity contribution in [3.63, 3.8) is 0 Å². The summed E-state index contributed by atoms with van der Waals surface area (Å²) in [6, 6.07) is 21.8. The summed E-state index contributed by atoms with van der Waals surface area (Å²) in [5, 5.41) is 2.65. The molecule has 1 aliphatic heterocycles. The Morgan fingerprint density at radius 1 is 1.03 bits per heavy atom. The minimum absolute atomic E-state index is 0.246. The number of amides is 2. The van der Waals surface area contributed by atoms with Crippen LogP contribution in [0.1, 0.15) is 16.7 Å². The Kier molecular flexibility index (Phi) is 6.09. The molecule has 7 heteroatoms. The van der Waals surface area contributed by atoms with Crippen molar-refractivity contribution in [2.45, 2.75) is 18.6 Å². The molecule has 2 atom stereocenters. The van der Waals surface area contributed by atoms with Crippen LogP contribution in [-0.2, 0) is 16.0 Å². The van der Waals surface area contributed by atoms with Gasteiger partial charge in [0.2, 0.25) is 12.1 Å². The van der Waals surface area contributed by atoms with Gasteiger partial charge in [-0.25, -0.2) is 9.38 Å². The minimum Gasteiger partial charge on any atom is -0.325 e. The van der Waals surface area contributed by atoms with Gasteiger partial charge in [0.1, 0.15) is 5.82 Å². The van der Waals surface area contributed by atoms with Crippen molar-refractivity contribution >= 4 is 23.2 Å². The molecule has 4 rings (SSSR count). The number of nitrogens with two attached hydrogens (primary N) is 1. The Morgan fingerprint density at radius 3 is 2.38 bits per heavy atom. The first-order chi connectivity index (χ1) is 15.5. The maximum absolute atomic E-state index is 14.7. The summed E-state index contributed by atoms with van der Waals surface area (Å²) in [5.74, 6) is -1.42. The van der Waals surface area contributed by atoms with Gasteiger partial charge in [0.05, 0.1) is 17.4 Å². The number of halogens is 1. The first-order valence-corrected chi connectivity index (χ1v) is 10.3. The van der Waals surface area contributed by atoms with Crippen molar-refractivity contribution in [1.29, 1.82) is 0 Å². The van der Waals surface area contributed by atoms with E-state index >= 15 is 0 Å². The topological polar surface area (TPSA) is 87.8 Å². The van der Waals surface area contributed by atoms with Gasteiger partial charge in [0, 0.05) is 18.2 Å². The number of benzene rings is 3. The molecule has 0 spiro atoms. The molecule has 0 saturated carbocycles. The minimum atomic E-state index is -1.24. The molecule has 2 amide bonds. The number of fused-ring (bicyclic) bond motifs is 1. The number of nitrogens with zero attached hydrogens (tertiary/aromatic N) is 2.